The Hall–Kier alpha value is -2.32. The van der Waals surface area contributed by atoms with E-state index in [9.17, 15) is 0 Å². The number of benzene rings is 1. The normalized spacial score (nSPS) is 13.7. The molecular weight excluding hydrogens is 366 g/mol. The maximum atomic E-state index is 5.18. The summed E-state index contributed by atoms with van der Waals surface area (Å²) in [6.07, 6.45) is 2.60. The van der Waals surface area contributed by atoms with Crippen LogP contribution in [0, 0.1) is 0 Å². The summed E-state index contributed by atoms with van der Waals surface area (Å²) in [5.74, 6) is 2.45. The Morgan fingerprint density at radius 3 is 2.22 bits per heavy atom. The first-order chi connectivity index (χ1) is 12.8. The molecule has 1 aliphatic heterocycles. The van der Waals surface area contributed by atoms with E-state index in [1.807, 2.05) is 31.2 Å². The quantitative estimate of drug-likeness (QED) is 0.599. The van der Waals surface area contributed by atoms with Gasteiger partial charge in [-0.15, -0.1) is 12.4 Å². The van der Waals surface area contributed by atoms with E-state index in [2.05, 4.69) is 35.8 Å². The number of anilines is 4. The number of hydrogen-bond acceptors (Lipinski definition) is 8. The van der Waals surface area contributed by atoms with Crippen LogP contribution in [0.3, 0.4) is 0 Å². The molecule has 0 unspecified atom stereocenters. The van der Waals surface area contributed by atoms with Crippen molar-refractivity contribution in [2.24, 2.45) is 0 Å². The van der Waals surface area contributed by atoms with Gasteiger partial charge in [-0.3, -0.25) is 0 Å². The summed E-state index contributed by atoms with van der Waals surface area (Å²) in [7, 11) is 1.65. The van der Waals surface area contributed by atoms with Crippen LogP contribution in [0.25, 0.3) is 0 Å². The van der Waals surface area contributed by atoms with Gasteiger partial charge in [0, 0.05) is 25.3 Å². The average Bonchev–Trinajstić information content (AvgIpc) is 3.16. The average molecular weight is 394 g/mol. The van der Waals surface area contributed by atoms with Crippen molar-refractivity contribution >= 4 is 35.9 Å². The van der Waals surface area contributed by atoms with E-state index < -0.39 is 0 Å². The van der Waals surface area contributed by atoms with Crippen LogP contribution in [-0.4, -0.2) is 59.7 Å². The zero-order chi connectivity index (χ0) is 18.2. The summed E-state index contributed by atoms with van der Waals surface area (Å²) in [6, 6.07) is 7.64. The predicted molar refractivity (Wildman–Crippen MR) is 112 cm³/mol. The Morgan fingerprint density at radius 2 is 1.59 bits per heavy atom. The van der Waals surface area contributed by atoms with Crippen molar-refractivity contribution in [3.8, 4) is 5.75 Å². The van der Waals surface area contributed by atoms with Gasteiger partial charge in [-0.2, -0.15) is 15.0 Å². The lowest BCUT2D eigenvalue weighted by Gasteiger charge is -2.15. The first kappa shape index (κ1) is 21.0. The number of methoxy groups -OCH3 is 1. The second kappa shape index (κ2) is 10.7. The number of hydrogen-bond donors (Lipinski definition) is 3. The summed E-state index contributed by atoms with van der Waals surface area (Å²) in [5, 5.41) is 9.68. The molecule has 1 fully saturated rings. The van der Waals surface area contributed by atoms with Crippen LogP contribution in [0.1, 0.15) is 19.8 Å². The van der Waals surface area contributed by atoms with Gasteiger partial charge < -0.3 is 25.6 Å². The van der Waals surface area contributed by atoms with Crippen LogP contribution >= 0.6 is 12.4 Å². The lowest BCUT2D eigenvalue weighted by Crippen LogP contribution is -2.26. The molecule has 3 rings (SSSR count). The fourth-order valence-electron chi connectivity index (χ4n) is 2.88. The van der Waals surface area contributed by atoms with Gasteiger partial charge in [0.1, 0.15) is 5.75 Å². The topological polar surface area (TPSA) is 87.2 Å². The summed E-state index contributed by atoms with van der Waals surface area (Å²) >= 11 is 0. The van der Waals surface area contributed by atoms with Crippen molar-refractivity contribution in [1.82, 2.24) is 19.9 Å². The fraction of sp³-hybridized carbons (Fsp3) is 0.500. The van der Waals surface area contributed by atoms with E-state index in [4.69, 9.17) is 4.74 Å². The lowest BCUT2D eigenvalue weighted by atomic mass is 10.3. The molecule has 1 aromatic carbocycles. The number of halogens is 1. The Bertz CT molecular complexity index is 693. The Morgan fingerprint density at radius 1 is 0.963 bits per heavy atom. The van der Waals surface area contributed by atoms with E-state index in [1.54, 1.807) is 7.11 Å². The second-order valence-electron chi connectivity index (χ2n) is 6.17. The molecule has 148 valence electrons. The molecule has 3 N–H and O–H groups in total. The number of rotatable bonds is 9. The zero-order valence-corrected chi connectivity index (χ0v) is 16.7. The van der Waals surface area contributed by atoms with Crippen LogP contribution in [0.15, 0.2) is 24.3 Å². The minimum Gasteiger partial charge on any atom is -0.497 e. The minimum absolute atomic E-state index is 0. The van der Waals surface area contributed by atoms with Crippen molar-refractivity contribution in [3.05, 3.63) is 24.3 Å². The molecule has 27 heavy (non-hydrogen) atoms. The van der Waals surface area contributed by atoms with Crippen LogP contribution in [0.5, 0.6) is 5.75 Å². The summed E-state index contributed by atoms with van der Waals surface area (Å²) < 4.78 is 5.18. The van der Waals surface area contributed by atoms with Gasteiger partial charge in [0.05, 0.1) is 7.11 Å². The highest BCUT2D eigenvalue weighted by atomic mass is 35.5. The monoisotopic (exact) mass is 393 g/mol. The van der Waals surface area contributed by atoms with Gasteiger partial charge in [-0.25, -0.2) is 0 Å². The van der Waals surface area contributed by atoms with E-state index in [0.29, 0.717) is 17.8 Å². The number of nitrogens with zero attached hydrogens (tertiary/aromatic N) is 4. The highest BCUT2D eigenvalue weighted by Gasteiger charge is 2.11. The second-order valence-corrected chi connectivity index (χ2v) is 6.17. The molecule has 2 heterocycles. The Balaban J connectivity index is 0.00000261. The molecule has 0 atom stereocenters. The Kier molecular flexibility index (Phi) is 8.35. The van der Waals surface area contributed by atoms with Crippen LogP contribution < -0.4 is 20.7 Å². The zero-order valence-electron chi connectivity index (χ0n) is 15.9. The van der Waals surface area contributed by atoms with Crippen molar-refractivity contribution < 1.29 is 4.74 Å². The van der Waals surface area contributed by atoms with Gasteiger partial charge in [-0.1, -0.05) is 0 Å². The van der Waals surface area contributed by atoms with E-state index >= 15 is 0 Å². The SMILES string of the molecule is CCNc1nc(NCCN2CCCC2)nc(Nc2ccc(OC)cc2)n1.Cl. The first-order valence-corrected chi connectivity index (χ1v) is 9.14. The van der Waals surface area contributed by atoms with Gasteiger partial charge in [-0.05, 0) is 57.1 Å². The summed E-state index contributed by atoms with van der Waals surface area (Å²) in [4.78, 5) is 15.8. The number of likely N-dealkylation sites (tertiary alicyclic amines) is 1. The maximum absolute atomic E-state index is 5.18. The van der Waals surface area contributed by atoms with Crippen LogP contribution in [0.4, 0.5) is 23.5 Å². The molecule has 1 aromatic heterocycles. The first-order valence-electron chi connectivity index (χ1n) is 9.14. The molecule has 2 aromatic rings. The standard InChI is InChI=1S/C18H27N7O.ClH/c1-3-19-16-22-17(20-10-13-25-11-4-5-12-25)24-18(23-16)21-14-6-8-15(26-2)9-7-14;/h6-9H,3-5,10-13H2,1-2H3,(H3,19,20,21,22,23,24);1H. The molecule has 0 spiro atoms. The molecule has 0 bridgehead atoms. The lowest BCUT2D eigenvalue weighted by molar-refractivity contribution is 0.352. The smallest absolute Gasteiger partial charge is 0.233 e. The van der Waals surface area contributed by atoms with Gasteiger partial charge >= 0.3 is 0 Å². The molecule has 1 aliphatic rings. The van der Waals surface area contributed by atoms with E-state index in [0.717, 1.165) is 31.1 Å². The molecule has 8 nitrogen and oxygen atoms in total. The Labute approximate surface area is 166 Å². The van der Waals surface area contributed by atoms with Gasteiger partial charge in [0.15, 0.2) is 0 Å². The van der Waals surface area contributed by atoms with Crippen molar-refractivity contribution in [2.75, 3.05) is 55.8 Å². The molecule has 1 saturated heterocycles. The third-order valence-corrected chi connectivity index (χ3v) is 4.23. The molecule has 0 aliphatic carbocycles. The number of ether oxygens (including phenoxy) is 1. The van der Waals surface area contributed by atoms with Crippen LogP contribution in [0.2, 0.25) is 0 Å². The largest absolute Gasteiger partial charge is 0.497 e. The van der Waals surface area contributed by atoms with E-state index in [1.165, 1.54) is 25.9 Å². The molecular formula is C18H28ClN7O. The molecule has 9 heteroatoms. The highest BCUT2D eigenvalue weighted by Crippen LogP contribution is 2.19. The van der Waals surface area contributed by atoms with Gasteiger partial charge in [0.25, 0.3) is 0 Å². The maximum Gasteiger partial charge on any atom is 0.233 e. The molecule has 0 saturated carbocycles. The van der Waals surface area contributed by atoms with Crippen molar-refractivity contribution in [1.29, 1.82) is 0 Å². The number of aromatic nitrogens is 3. The van der Waals surface area contributed by atoms with Crippen molar-refractivity contribution in [3.63, 3.8) is 0 Å². The third-order valence-electron chi connectivity index (χ3n) is 4.23. The predicted octanol–water partition coefficient (Wildman–Crippen LogP) is 2.99. The third kappa shape index (κ3) is 6.41. The van der Waals surface area contributed by atoms with Crippen LogP contribution in [-0.2, 0) is 0 Å². The molecule has 0 amide bonds. The minimum atomic E-state index is 0. The van der Waals surface area contributed by atoms with Crippen molar-refractivity contribution in [2.45, 2.75) is 19.8 Å². The fourth-order valence-corrected chi connectivity index (χ4v) is 2.88. The molecule has 0 radical (unpaired) electrons. The van der Waals surface area contributed by atoms with E-state index in [-0.39, 0.29) is 12.4 Å². The van der Waals surface area contributed by atoms with Gasteiger partial charge in [0.2, 0.25) is 17.8 Å². The number of nitrogens with one attached hydrogen (secondary N) is 3. The highest BCUT2D eigenvalue weighted by molar-refractivity contribution is 5.85. The summed E-state index contributed by atoms with van der Waals surface area (Å²) in [6.45, 7) is 6.96. The summed E-state index contributed by atoms with van der Waals surface area (Å²) in [5.41, 5.74) is 0.891.